The molecule has 0 spiro atoms. The van der Waals surface area contributed by atoms with E-state index in [4.69, 9.17) is 14.2 Å². The number of ether oxygens (including phenoxy) is 3. The van der Waals surface area contributed by atoms with Crippen molar-refractivity contribution in [1.82, 2.24) is 0 Å². The lowest BCUT2D eigenvalue weighted by molar-refractivity contribution is -0.167. The highest BCUT2D eigenvalue weighted by atomic mass is 16.6. The molecule has 0 aromatic rings. The maximum atomic E-state index is 12.6. The maximum Gasteiger partial charge on any atom is 0.306 e. The summed E-state index contributed by atoms with van der Waals surface area (Å²) in [4.78, 5) is 37.5. The molecule has 344 valence electrons. The van der Waals surface area contributed by atoms with E-state index in [2.05, 4.69) is 57.2 Å². The minimum atomic E-state index is -0.763. The van der Waals surface area contributed by atoms with Gasteiger partial charge in [-0.25, -0.2) is 0 Å². The van der Waals surface area contributed by atoms with E-state index in [1.165, 1.54) is 154 Å². The third-order valence-corrected chi connectivity index (χ3v) is 11.1. The molecule has 0 aromatic heterocycles. The number of hydrogen-bond donors (Lipinski definition) is 0. The van der Waals surface area contributed by atoms with Gasteiger partial charge in [0.25, 0.3) is 0 Å². The minimum Gasteiger partial charge on any atom is -0.462 e. The molecule has 1 unspecified atom stereocenters. The highest BCUT2D eigenvalue weighted by Crippen LogP contribution is 2.15. The van der Waals surface area contributed by atoms with Gasteiger partial charge in [-0.1, -0.05) is 224 Å². The molecule has 0 N–H and O–H groups in total. The summed E-state index contributed by atoms with van der Waals surface area (Å²) in [6.07, 6.45) is 56.1. The summed E-state index contributed by atoms with van der Waals surface area (Å²) in [5.74, 6) is -0.881. The SMILES string of the molecule is CCCCCCC/C=C\C/C=C\C/C=C\CCCCCCCCCCCCCCC(=O)OCC(COC(=O)CCCCCCCC)OC(=O)CCCCCCCCCC. The number of carbonyl (C=O) groups is 3. The van der Waals surface area contributed by atoms with E-state index in [0.29, 0.717) is 19.3 Å². The number of hydrogen-bond acceptors (Lipinski definition) is 6. The molecule has 0 aliphatic heterocycles. The molecule has 59 heavy (non-hydrogen) atoms. The Balaban J connectivity index is 3.98. The van der Waals surface area contributed by atoms with Gasteiger partial charge >= 0.3 is 17.9 Å². The molecule has 6 nitrogen and oxygen atoms in total. The van der Waals surface area contributed by atoms with Crippen LogP contribution in [0.2, 0.25) is 0 Å². The Bertz CT molecular complexity index is 1000. The third-order valence-electron chi connectivity index (χ3n) is 11.1. The number of unbranched alkanes of at least 4 members (excludes halogenated alkanes) is 29. The molecule has 0 aliphatic carbocycles. The Hall–Kier alpha value is -2.37. The molecule has 1 atom stereocenters. The van der Waals surface area contributed by atoms with Gasteiger partial charge in [0.2, 0.25) is 0 Å². The first kappa shape index (κ1) is 56.6. The van der Waals surface area contributed by atoms with E-state index in [9.17, 15) is 14.4 Å². The van der Waals surface area contributed by atoms with Gasteiger partial charge in [0.1, 0.15) is 13.2 Å². The van der Waals surface area contributed by atoms with Crippen LogP contribution in [-0.2, 0) is 28.6 Å². The Kier molecular flexibility index (Phi) is 46.4. The molecule has 0 heterocycles. The van der Waals surface area contributed by atoms with Crippen molar-refractivity contribution in [3.63, 3.8) is 0 Å². The molecule has 0 bridgehead atoms. The van der Waals surface area contributed by atoms with Crippen LogP contribution in [0.25, 0.3) is 0 Å². The number of carbonyl (C=O) groups excluding carboxylic acids is 3. The molecule has 0 aromatic carbocycles. The Morgan fingerprint density at radius 1 is 0.339 bits per heavy atom. The number of allylic oxidation sites excluding steroid dienone is 6. The topological polar surface area (TPSA) is 78.9 Å². The maximum absolute atomic E-state index is 12.6. The quantitative estimate of drug-likeness (QED) is 0.0263. The summed E-state index contributed by atoms with van der Waals surface area (Å²) in [6, 6.07) is 0. The van der Waals surface area contributed by atoms with Crippen molar-refractivity contribution in [2.45, 2.75) is 271 Å². The molecule has 0 radical (unpaired) electrons. The van der Waals surface area contributed by atoms with Crippen LogP contribution in [0, 0.1) is 0 Å². The zero-order chi connectivity index (χ0) is 43.0. The lowest BCUT2D eigenvalue weighted by atomic mass is 10.0. The van der Waals surface area contributed by atoms with Crippen molar-refractivity contribution in [2.24, 2.45) is 0 Å². The smallest absolute Gasteiger partial charge is 0.306 e. The van der Waals surface area contributed by atoms with Gasteiger partial charge in [-0.2, -0.15) is 0 Å². The summed E-state index contributed by atoms with van der Waals surface area (Å²) in [6.45, 7) is 6.54. The fourth-order valence-corrected chi connectivity index (χ4v) is 7.27. The fourth-order valence-electron chi connectivity index (χ4n) is 7.27. The Labute approximate surface area is 365 Å². The number of rotatable bonds is 46. The van der Waals surface area contributed by atoms with E-state index >= 15 is 0 Å². The highest BCUT2D eigenvalue weighted by molar-refractivity contribution is 5.71. The third kappa shape index (κ3) is 46.5. The van der Waals surface area contributed by atoms with Gasteiger partial charge < -0.3 is 14.2 Å². The van der Waals surface area contributed by atoms with Gasteiger partial charge in [0.05, 0.1) is 0 Å². The predicted molar refractivity (Wildman–Crippen MR) is 252 cm³/mol. The average molecular weight is 829 g/mol. The second kappa shape index (κ2) is 48.3. The van der Waals surface area contributed by atoms with E-state index in [1.807, 2.05) is 0 Å². The van der Waals surface area contributed by atoms with Crippen LogP contribution >= 0.6 is 0 Å². The summed E-state index contributed by atoms with van der Waals surface area (Å²) < 4.78 is 16.6. The largest absolute Gasteiger partial charge is 0.462 e. The fraction of sp³-hybridized carbons (Fsp3) is 0.830. The minimum absolute atomic E-state index is 0.0704. The van der Waals surface area contributed by atoms with Crippen LogP contribution < -0.4 is 0 Å². The zero-order valence-electron chi connectivity index (χ0n) is 39.3. The van der Waals surface area contributed by atoms with Crippen LogP contribution in [0.3, 0.4) is 0 Å². The molecule has 0 rings (SSSR count). The Morgan fingerprint density at radius 2 is 0.610 bits per heavy atom. The first-order valence-corrected chi connectivity index (χ1v) is 25.5. The van der Waals surface area contributed by atoms with Crippen LogP contribution in [-0.4, -0.2) is 37.2 Å². The molecule has 6 heteroatoms. The van der Waals surface area contributed by atoms with Crippen molar-refractivity contribution in [2.75, 3.05) is 13.2 Å². The summed E-state index contributed by atoms with van der Waals surface area (Å²) in [5, 5.41) is 0. The van der Waals surface area contributed by atoms with Gasteiger partial charge in [0, 0.05) is 19.3 Å². The van der Waals surface area contributed by atoms with Gasteiger partial charge in [-0.3, -0.25) is 14.4 Å². The van der Waals surface area contributed by atoms with Crippen molar-refractivity contribution in [1.29, 1.82) is 0 Å². The molecule has 0 amide bonds. The van der Waals surface area contributed by atoms with Crippen LogP contribution in [0.15, 0.2) is 36.5 Å². The second-order valence-corrected chi connectivity index (χ2v) is 17.1. The first-order valence-electron chi connectivity index (χ1n) is 25.5. The van der Waals surface area contributed by atoms with E-state index < -0.39 is 6.10 Å². The lowest BCUT2D eigenvalue weighted by Crippen LogP contribution is -2.30. The molecular weight excluding hydrogens is 733 g/mol. The van der Waals surface area contributed by atoms with Crippen molar-refractivity contribution >= 4 is 17.9 Å². The van der Waals surface area contributed by atoms with Crippen LogP contribution in [0.1, 0.15) is 265 Å². The number of esters is 3. The zero-order valence-corrected chi connectivity index (χ0v) is 39.3. The van der Waals surface area contributed by atoms with Gasteiger partial charge in [-0.05, 0) is 57.8 Å². The lowest BCUT2D eigenvalue weighted by Gasteiger charge is -2.18. The van der Waals surface area contributed by atoms with E-state index in [0.717, 1.165) is 70.6 Å². The second-order valence-electron chi connectivity index (χ2n) is 17.1. The first-order chi connectivity index (χ1) is 29.0. The average Bonchev–Trinajstić information content (AvgIpc) is 3.23. The molecule has 0 aliphatic rings. The Morgan fingerprint density at radius 3 is 0.949 bits per heavy atom. The van der Waals surface area contributed by atoms with Gasteiger partial charge in [-0.15, -0.1) is 0 Å². The van der Waals surface area contributed by atoms with Crippen molar-refractivity contribution in [3.8, 4) is 0 Å². The predicted octanol–water partition coefficient (Wildman–Crippen LogP) is 16.5. The molecule has 0 saturated carbocycles. The van der Waals surface area contributed by atoms with Crippen LogP contribution in [0.5, 0.6) is 0 Å². The monoisotopic (exact) mass is 829 g/mol. The van der Waals surface area contributed by atoms with E-state index in [1.54, 1.807) is 0 Å². The van der Waals surface area contributed by atoms with Crippen LogP contribution in [0.4, 0.5) is 0 Å². The summed E-state index contributed by atoms with van der Waals surface area (Å²) in [7, 11) is 0. The normalized spacial score (nSPS) is 12.3. The summed E-state index contributed by atoms with van der Waals surface area (Å²) >= 11 is 0. The van der Waals surface area contributed by atoms with Crippen molar-refractivity contribution < 1.29 is 28.6 Å². The van der Waals surface area contributed by atoms with Gasteiger partial charge in [0.15, 0.2) is 6.10 Å². The van der Waals surface area contributed by atoms with E-state index in [-0.39, 0.29) is 31.1 Å². The van der Waals surface area contributed by atoms with Crippen molar-refractivity contribution in [3.05, 3.63) is 36.5 Å². The standard InChI is InChI=1S/C53H96O6/c1-4-7-10-13-16-18-19-20-21-22-23-24-25-26-27-28-29-30-31-32-33-34-35-36-38-40-43-46-52(55)58-49-50(48-57-51(54)45-42-39-15-12-9-6-3)59-53(56)47-44-41-37-17-14-11-8-5-2/h19-20,22-23,25-26,50H,4-18,21,24,27-49H2,1-3H3/b20-19-,23-22-,26-25-. The molecule has 0 saturated heterocycles. The summed E-state index contributed by atoms with van der Waals surface area (Å²) in [5.41, 5.74) is 0. The highest BCUT2D eigenvalue weighted by Gasteiger charge is 2.19. The molecular formula is C53H96O6. The molecule has 0 fully saturated rings.